The molecule has 2 aliphatic heterocycles. The number of amides is 3. The molecule has 0 bridgehead atoms. The Morgan fingerprint density at radius 3 is 2.62 bits per heavy atom. The molecule has 0 aromatic heterocycles. The number of carbonyl (C=O) groups excluding carboxylic acids is 3. The lowest BCUT2D eigenvalue weighted by Gasteiger charge is -2.41. The van der Waals surface area contributed by atoms with Crippen LogP contribution in [0.15, 0.2) is 12.1 Å². The van der Waals surface area contributed by atoms with Gasteiger partial charge in [-0.2, -0.15) is 0 Å². The van der Waals surface area contributed by atoms with Gasteiger partial charge in [-0.25, -0.2) is 4.79 Å². The van der Waals surface area contributed by atoms with Crippen LogP contribution < -0.4 is 20.3 Å². The molecule has 1 aromatic carbocycles. The topological polar surface area (TPSA) is 97.0 Å². The molecule has 2 heterocycles. The van der Waals surface area contributed by atoms with Gasteiger partial charge >= 0.3 is 6.09 Å². The van der Waals surface area contributed by atoms with E-state index in [2.05, 4.69) is 15.5 Å². The molecular weight excluding hydrogens is 434 g/mol. The van der Waals surface area contributed by atoms with Gasteiger partial charge in [-0.15, -0.1) is 0 Å². The highest BCUT2D eigenvalue weighted by molar-refractivity contribution is 6.33. The zero-order valence-electron chi connectivity index (χ0n) is 18.3. The molecule has 2 N–H and O–H groups in total. The van der Waals surface area contributed by atoms with E-state index < -0.39 is 5.92 Å². The summed E-state index contributed by atoms with van der Waals surface area (Å²) >= 11 is 6.60. The number of piperidine rings is 1. The quantitative estimate of drug-likeness (QED) is 0.628. The van der Waals surface area contributed by atoms with Gasteiger partial charge in [0.05, 0.1) is 36.4 Å². The van der Waals surface area contributed by atoms with Crippen molar-refractivity contribution in [1.82, 2.24) is 10.6 Å². The molecule has 0 radical (unpaired) electrons. The molecule has 1 saturated carbocycles. The molecule has 1 unspecified atom stereocenters. The number of alkyl carbamates (subject to hydrolysis) is 1. The second kappa shape index (κ2) is 9.98. The van der Waals surface area contributed by atoms with Crippen LogP contribution in [-0.4, -0.2) is 50.8 Å². The Labute approximate surface area is 192 Å². The summed E-state index contributed by atoms with van der Waals surface area (Å²) in [6.07, 6.45) is 6.35. The Morgan fingerprint density at radius 2 is 1.94 bits per heavy atom. The Morgan fingerprint density at radius 1 is 1.19 bits per heavy atom. The monoisotopic (exact) mass is 463 g/mol. The van der Waals surface area contributed by atoms with Crippen LogP contribution in [0.25, 0.3) is 0 Å². The Bertz CT molecular complexity index is 881. The standard InChI is InChI=1S/C23H30ClN3O5/c1-31-21-18(9-7-16(20(21)24)17-8-10-19(28)26-22(17)29)27-11-15(12-27)25-23(30)32-13-14-5-3-2-4-6-14/h7,9,14-15,17H,2-6,8,10-13H2,1H3,(H,25,30)(H,26,28,29). The summed E-state index contributed by atoms with van der Waals surface area (Å²) in [4.78, 5) is 37.9. The van der Waals surface area contributed by atoms with Crippen molar-refractivity contribution in [2.75, 3.05) is 31.7 Å². The van der Waals surface area contributed by atoms with Crippen LogP contribution in [0.4, 0.5) is 10.5 Å². The minimum absolute atomic E-state index is 0.00727. The van der Waals surface area contributed by atoms with Crippen molar-refractivity contribution in [2.24, 2.45) is 5.92 Å². The Balaban J connectivity index is 1.32. The summed E-state index contributed by atoms with van der Waals surface area (Å²) in [6.45, 7) is 1.72. The van der Waals surface area contributed by atoms with E-state index in [4.69, 9.17) is 21.1 Å². The molecule has 3 amide bonds. The highest BCUT2D eigenvalue weighted by Gasteiger charge is 2.34. The molecule has 0 spiro atoms. The first-order valence-electron chi connectivity index (χ1n) is 11.3. The highest BCUT2D eigenvalue weighted by Crippen LogP contribution is 2.43. The summed E-state index contributed by atoms with van der Waals surface area (Å²) < 4.78 is 11.0. The first-order valence-corrected chi connectivity index (χ1v) is 11.7. The van der Waals surface area contributed by atoms with E-state index in [1.165, 1.54) is 26.4 Å². The van der Waals surface area contributed by atoms with Crippen molar-refractivity contribution in [3.63, 3.8) is 0 Å². The number of methoxy groups -OCH3 is 1. The normalized spacial score (nSPS) is 22.2. The van der Waals surface area contributed by atoms with E-state index >= 15 is 0 Å². The molecule has 3 aliphatic rings. The van der Waals surface area contributed by atoms with Crippen molar-refractivity contribution in [1.29, 1.82) is 0 Å². The molecule has 3 fully saturated rings. The van der Waals surface area contributed by atoms with Gasteiger partial charge < -0.3 is 19.7 Å². The van der Waals surface area contributed by atoms with Gasteiger partial charge in [0.25, 0.3) is 0 Å². The predicted molar refractivity (Wildman–Crippen MR) is 120 cm³/mol. The number of rotatable bonds is 6. The number of anilines is 1. The SMILES string of the molecule is COc1c(N2CC(NC(=O)OCC3CCCCC3)C2)ccc(C2CCC(=O)NC2=O)c1Cl. The van der Waals surface area contributed by atoms with Gasteiger partial charge in [-0.05, 0) is 36.8 Å². The van der Waals surface area contributed by atoms with Crippen LogP contribution >= 0.6 is 11.6 Å². The van der Waals surface area contributed by atoms with E-state index in [9.17, 15) is 14.4 Å². The third-order valence-corrected chi connectivity index (χ3v) is 7.03. The van der Waals surface area contributed by atoms with E-state index in [0.717, 1.165) is 18.5 Å². The van der Waals surface area contributed by atoms with Crippen LogP contribution in [0, 0.1) is 5.92 Å². The summed E-state index contributed by atoms with van der Waals surface area (Å²) in [6, 6.07) is 3.69. The molecule has 32 heavy (non-hydrogen) atoms. The van der Waals surface area contributed by atoms with E-state index in [-0.39, 0.29) is 30.4 Å². The van der Waals surface area contributed by atoms with Crippen LogP contribution in [0.5, 0.6) is 5.75 Å². The number of hydrogen-bond acceptors (Lipinski definition) is 6. The average molecular weight is 464 g/mol. The maximum atomic E-state index is 12.2. The molecular formula is C23H30ClN3O5. The van der Waals surface area contributed by atoms with Gasteiger partial charge in [0, 0.05) is 19.5 Å². The van der Waals surface area contributed by atoms with Crippen molar-refractivity contribution < 1.29 is 23.9 Å². The highest BCUT2D eigenvalue weighted by atomic mass is 35.5. The van der Waals surface area contributed by atoms with Crippen molar-refractivity contribution in [2.45, 2.75) is 56.9 Å². The summed E-state index contributed by atoms with van der Waals surface area (Å²) in [5, 5.41) is 5.66. The molecule has 1 aliphatic carbocycles. The first-order chi connectivity index (χ1) is 15.5. The van der Waals surface area contributed by atoms with Crippen LogP contribution in [0.2, 0.25) is 5.02 Å². The van der Waals surface area contributed by atoms with E-state index in [1.807, 2.05) is 12.1 Å². The molecule has 174 valence electrons. The third kappa shape index (κ3) is 4.95. The van der Waals surface area contributed by atoms with Crippen LogP contribution in [-0.2, 0) is 14.3 Å². The molecule has 2 saturated heterocycles. The lowest BCUT2D eigenvalue weighted by molar-refractivity contribution is -0.134. The van der Waals surface area contributed by atoms with Crippen molar-refractivity contribution in [3.05, 3.63) is 22.7 Å². The van der Waals surface area contributed by atoms with E-state index in [0.29, 0.717) is 48.4 Å². The third-order valence-electron chi connectivity index (χ3n) is 6.64. The van der Waals surface area contributed by atoms with Crippen molar-refractivity contribution >= 4 is 35.2 Å². The van der Waals surface area contributed by atoms with Gasteiger partial charge in [0.15, 0.2) is 5.75 Å². The minimum atomic E-state index is -0.479. The van der Waals surface area contributed by atoms with E-state index in [1.54, 1.807) is 0 Å². The number of nitrogens with zero attached hydrogens (tertiary/aromatic N) is 1. The lowest BCUT2D eigenvalue weighted by Crippen LogP contribution is -2.59. The summed E-state index contributed by atoms with van der Waals surface area (Å²) in [5.74, 6) is -0.0954. The molecule has 1 aromatic rings. The van der Waals surface area contributed by atoms with Gasteiger partial charge in [-0.1, -0.05) is 36.9 Å². The zero-order chi connectivity index (χ0) is 22.7. The molecule has 8 nitrogen and oxygen atoms in total. The smallest absolute Gasteiger partial charge is 0.407 e. The fraction of sp³-hybridized carbons (Fsp3) is 0.609. The number of nitrogens with one attached hydrogen (secondary N) is 2. The largest absolute Gasteiger partial charge is 0.493 e. The number of imide groups is 1. The first kappa shape index (κ1) is 22.7. The fourth-order valence-corrected chi connectivity index (χ4v) is 5.15. The maximum Gasteiger partial charge on any atom is 0.407 e. The summed E-state index contributed by atoms with van der Waals surface area (Å²) in [7, 11) is 1.54. The van der Waals surface area contributed by atoms with Crippen LogP contribution in [0.3, 0.4) is 0 Å². The minimum Gasteiger partial charge on any atom is -0.493 e. The zero-order valence-corrected chi connectivity index (χ0v) is 19.1. The predicted octanol–water partition coefficient (Wildman–Crippen LogP) is 3.36. The van der Waals surface area contributed by atoms with Crippen LogP contribution in [0.1, 0.15) is 56.4 Å². The fourth-order valence-electron chi connectivity index (χ4n) is 4.79. The maximum absolute atomic E-state index is 12.2. The number of carbonyl (C=O) groups is 3. The lowest BCUT2D eigenvalue weighted by atomic mass is 9.90. The van der Waals surface area contributed by atoms with Gasteiger partial charge in [-0.3, -0.25) is 14.9 Å². The molecule has 1 atom stereocenters. The second-order valence-corrected chi connectivity index (χ2v) is 9.25. The molecule has 9 heteroatoms. The number of halogens is 1. The Kier molecular flexibility index (Phi) is 7.08. The van der Waals surface area contributed by atoms with Gasteiger partial charge in [0.1, 0.15) is 0 Å². The number of hydrogen-bond donors (Lipinski definition) is 2. The molecule has 4 rings (SSSR count). The summed E-state index contributed by atoms with van der Waals surface area (Å²) in [5.41, 5.74) is 1.46. The van der Waals surface area contributed by atoms with Gasteiger partial charge in [0.2, 0.25) is 11.8 Å². The average Bonchev–Trinajstić information content (AvgIpc) is 2.76. The number of benzene rings is 1. The van der Waals surface area contributed by atoms with Crippen molar-refractivity contribution in [3.8, 4) is 5.75 Å². The number of ether oxygens (including phenoxy) is 2. The Hall–Kier alpha value is -2.48. The second-order valence-electron chi connectivity index (χ2n) is 8.87.